The van der Waals surface area contributed by atoms with Crippen LogP contribution < -0.4 is 11.1 Å². The number of aliphatic carboxylic acids is 1. The third-order valence-corrected chi connectivity index (χ3v) is 2.85. The lowest BCUT2D eigenvalue weighted by Gasteiger charge is -2.36. The van der Waals surface area contributed by atoms with Crippen LogP contribution in [0.5, 0.6) is 0 Å². The molecule has 2 rings (SSSR count). The largest absolute Gasteiger partial charge is 0.478 e. The summed E-state index contributed by atoms with van der Waals surface area (Å²) in [5, 5.41) is 12.0. The topological polar surface area (TPSA) is 84.6 Å². The summed E-state index contributed by atoms with van der Waals surface area (Å²) in [6, 6.07) is 0. The molecule has 2 heterocycles. The van der Waals surface area contributed by atoms with Crippen LogP contribution >= 0.6 is 0 Å². The van der Waals surface area contributed by atoms with E-state index in [1.54, 1.807) is 6.08 Å². The summed E-state index contributed by atoms with van der Waals surface area (Å²) in [6.07, 6.45) is 1.71. The number of dihydropyridines is 1. The fourth-order valence-electron chi connectivity index (χ4n) is 1.99. The van der Waals surface area contributed by atoms with E-state index in [4.69, 9.17) is 15.6 Å². The highest BCUT2D eigenvalue weighted by molar-refractivity contribution is 5.89. The summed E-state index contributed by atoms with van der Waals surface area (Å²) in [4.78, 5) is 11.0. The van der Waals surface area contributed by atoms with Crippen molar-refractivity contribution in [2.75, 3.05) is 6.61 Å². The van der Waals surface area contributed by atoms with E-state index >= 15 is 0 Å². The highest BCUT2D eigenvalue weighted by atomic mass is 16.5. The lowest BCUT2D eigenvalue weighted by molar-refractivity contribution is -0.133. The van der Waals surface area contributed by atoms with Gasteiger partial charge in [0.2, 0.25) is 0 Å². The number of carbonyl (C=O) groups is 1. The van der Waals surface area contributed by atoms with Crippen LogP contribution in [-0.2, 0) is 9.53 Å². The molecule has 0 aromatic heterocycles. The highest BCUT2D eigenvalue weighted by Crippen LogP contribution is 2.31. The van der Waals surface area contributed by atoms with Gasteiger partial charge in [-0.3, -0.25) is 0 Å². The number of hydrogen-bond donors (Lipinski definition) is 3. The monoisotopic (exact) mass is 224 g/mol. The van der Waals surface area contributed by atoms with Crippen molar-refractivity contribution in [3.05, 3.63) is 22.9 Å². The average Bonchev–Trinajstić information content (AvgIpc) is 2.16. The first-order valence-electron chi connectivity index (χ1n) is 5.22. The maximum absolute atomic E-state index is 11.0. The van der Waals surface area contributed by atoms with Crippen molar-refractivity contribution in [2.24, 2.45) is 5.73 Å². The Hall–Kier alpha value is -1.33. The summed E-state index contributed by atoms with van der Waals surface area (Å²) in [7, 11) is 0. The third kappa shape index (κ3) is 1.96. The molecule has 0 spiro atoms. The molecule has 88 valence electrons. The molecule has 2 aliphatic heterocycles. The van der Waals surface area contributed by atoms with Crippen LogP contribution in [0, 0.1) is 0 Å². The predicted molar refractivity (Wildman–Crippen MR) is 58.5 cm³/mol. The summed E-state index contributed by atoms with van der Waals surface area (Å²) >= 11 is 0. The standard InChI is InChI=1S/C11H16N2O3/c1-11(2)4-6-3-7(10(14)15)9(12)13-8(6)5-16-11/h3,9,13H,4-5,12H2,1-2H3,(H,14,15). The lowest BCUT2D eigenvalue weighted by Crippen LogP contribution is -2.47. The van der Waals surface area contributed by atoms with Crippen molar-refractivity contribution < 1.29 is 14.6 Å². The van der Waals surface area contributed by atoms with E-state index in [0.717, 1.165) is 11.3 Å². The fourth-order valence-corrected chi connectivity index (χ4v) is 1.99. The molecule has 1 atom stereocenters. The van der Waals surface area contributed by atoms with Crippen molar-refractivity contribution in [3.8, 4) is 0 Å². The molecule has 0 saturated carbocycles. The van der Waals surface area contributed by atoms with Gasteiger partial charge in [0.1, 0.15) is 6.17 Å². The minimum atomic E-state index is -0.976. The van der Waals surface area contributed by atoms with Gasteiger partial charge >= 0.3 is 5.97 Å². The van der Waals surface area contributed by atoms with Gasteiger partial charge in [-0.1, -0.05) is 0 Å². The molecule has 0 amide bonds. The Kier molecular flexibility index (Phi) is 2.52. The first kappa shape index (κ1) is 11.2. The molecule has 0 aromatic rings. The molecule has 0 aromatic carbocycles. The first-order valence-corrected chi connectivity index (χ1v) is 5.22. The molecule has 0 aliphatic carbocycles. The fraction of sp³-hybridized carbons (Fsp3) is 0.545. The Morgan fingerprint density at radius 3 is 3.00 bits per heavy atom. The Morgan fingerprint density at radius 2 is 2.38 bits per heavy atom. The molecule has 1 unspecified atom stereocenters. The van der Waals surface area contributed by atoms with Gasteiger partial charge in [-0.15, -0.1) is 0 Å². The molecular formula is C11H16N2O3. The van der Waals surface area contributed by atoms with Gasteiger partial charge in [-0.05, 0) is 25.5 Å². The smallest absolute Gasteiger partial charge is 0.335 e. The second-order valence-corrected chi connectivity index (χ2v) is 4.76. The summed E-state index contributed by atoms with van der Waals surface area (Å²) in [5.41, 5.74) is 7.54. The Bertz CT molecular complexity index is 396. The van der Waals surface area contributed by atoms with Gasteiger partial charge in [0.05, 0.1) is 17.8 Å². The van der Waals surface area contributed by atoms with Gasteiger partial charge in [0, 0.05) is 12.1 Å². The zero-order chi connectivity index (χ0) is 11.9. The second kappa shape index (κ2) is 3.61. The zero-order valence-electron chi connectivity index (χ0n) is 9.41. The quantitative estimate of drug-likeness (QED) is 0.598. The van der Waals surface area contributed by atoms with E-state index in [9.17, 15) is 4.79 Å². The van der Waals surface area contributed by atoms with Gasteiger partial charge in [-0.2, -0.15) is 0 Å². The SMILES string of the molecule is CC1(C)CC2=C(CO1)NC(N)C(C(=O)O)=C2. The van der Waals surface area contributed by atoms with Crippen molar-refractivity contribution >= 4 is 5.97 Å². The molecule has 0 radical (unpaired) electrons. The van der Waals surface area contributed by atoms with Crippen LogP contribution in [0.2, 0.25) is 0 Å². The number of hydrogen-bond acceptors (Lipinski definition) is 4. The molecule has 16 heavy (non-hydrogen) atoms. The van der Waals surface area contributed by atoms with Crippen LogP contribution in [0.3, 0.4) is 0 Å². The Balaban J connectivity index is 2.32. The second-order valence-electron chi connectivity index (χ2n) is 4.76. The van der Waals surface area contributed by atoms with Gasteiger partial charge in [0.25, 0.3) is 0 Å². The number of nitrogens with two attached hydrogens (primary N) is 1. The number of ether oxygens (including phenoxy) is 1. The first-order chi connectivity index (χ1) is 7.39. The van der Waals surface area contributed by atoms with Crippen LogP contribution in [0.4, 0.5) is 0 Å². The number of carboxylic acids is 1. The molecule has 2 aliphatic rings. The molecule has 0 fully saturated rings. The predicted octanol–water partition coefficient (Wildman–Crippen LogP) is 0.338. The summed E-state index contributed by atoms with van der Waals surface area (Å²) in [5.74, 6) is -0.976. The number of allylic oxidation sites excluding steroid dienone is 1. The molecule has 5 nitrogen and oxygen atoms in total. The molecule has 4 N–H and O–H groups in total. The summed E-state index contributed by atoms with van der Waals surface area (Å²) < 4.78 is 5.63. The number of nitrogens with one attached hydrogen (secondary N) is 1. The zero-order valence-corrected chi connectivity index (χ0v) is 9.41. The maximum Gasteiger partial charge on any atom is 0.335 e. The average molecular weight is 224 g/mol. The van der Waals surface area contributed by atoms with Crippen molar-refractivity contribution in [2.45, 2.75) is 32.0 Å². The van der Waals surface area contributed by atoms with Crippen LogP contribution in [0.25, 0.3) is 0 Å². The molecular weight excluding hydrogens is 208 g/mol. The van der Waals surface area contributed by atoms with E-state index in [1.807, 2.05) is 13.8 Å². The van der Waals surface area contributed by atoms with Gasteiger partial charge in [0.15, 0.2) is 0 Å². The van der Waals surface area contributed by atoms with Gasteiger partial charge in [-0.25, -0.2) is 4.79 Å². The number of rotatable bonds is 1. The van der Waals surface area contributed by atoms with E-state index in [0.29, 0.717) is 13.0 Å². The van der Waals surface area contributed by atoms with E-state index in [2.05, 4.69) is 5.32 Å². The lowest BCUT2D eigenvalue weighted by atomic mass is 9.90. The van der Waals surface area contributed by atoms with Crippen molar-refractivity contribution in [1.82, 2.24) is 5.32 Å². The maximum atomic E-state index is 11.0. The van der Waals surface area contributed by atoms with Crippen LogP contribution in [0.1, 0.15) is 20.3 Å². The number of carboxylic acid groups (broad SMARTS) is 1. The van der Waals surface area contributed by atoms with Gasteiger partial charge < -0.3 is 20.9 Å². The highest BCUT2D eigenvalue weighted by Gasteiger charge is 2.32. The van der Waals surface area contributed by atoms with Crippen molar-refractivity contribution in [3.63, 3.8) is 0 Å². The minimum absolute atomic E-state index is 0.205. The van der Waals surface area contributed by atoms with E-state index in [-0.39, 0.29) is 11.2 Å². The molecule has 5 heteroatoms. The normalized spacial score (nSPS) is 27.9. The summed E-state index contributed by atoms with van der Waals surface area (Å²) in [6.45, 7) is 4.43. The molecule has 0 saturated heterocycles. The third-order valence-electron chi connectivity index (χ3n) is 2.85. The van der Waals surface area contributed by atoms with E-state index < -0.39 is 12.1 Å². The molecule has 0 bridgehead atoms. The van der Waals surface area contributed by atoms with E-state index in [1.165, 1.54) is 0 Å². The Labute approximate surface area is 94.0 Å². The van der Waals surface area contributed by atoms with Crippen molar-refractivity contribution in [1.29, 1.82) is 0 Å². The minimum Gasteiger partial charge on any atom is -0.478 e. The van der Waals surface area contributed by atoms with Crippen LogP contribution in [-0.4, -0.2) is 29.4 Å². The Morgan fingerprint density at radius 1 is 1.69 bits per heavy atom. The van der Waals surface area contributed by atoms with Crippen LogP contribution in [0.15, 0.2) is 22.9 Å².